The number of anilines is 2. The maximum Gasteiger partial charge on any atom is 0.416 e. The molecule has 4 N–H and O–H groups in total. The highest BCUT2D eigenvalue weighted by Gasteiger charge is 2.55. The van der Waals surface area contributed by atoms with Crippen molar-refractivity contribution in [2.75, 3.05) is 37.0 Å². The van der Waals surface area contributed by atoms with Gasteiger partial charge in [-0.2, -0.15) is 0 Å². The zero-order valence-electron chi connectivity index (χ0n) is 21.9. The second-order valence-electron chi connectivity index (χ2n) is 11.1. The van der Waals surface area contributed by atoms with Crippen LogP contribution in [0.1, 0.15) is 42.8 Å². The van der Waals surface area contributed by atoms with Crippen molar-refractivity contribution in [1.82, 2.24) is 30.6 Å². The van der Waals surface area contributed by atoms with Crippen LogP contribution in [-0.4, -0.2) is 70.3 Å². The molecule has 1 saturated heterocycles. The summed E-state index contributed by atoms with van der Waals surface area (Å²) in [7, 11) is 1.76. The first-order chi connectivity index (χ1) is 19.2. The number of carbonyl (C=O) groups excluding carboxylic acids is 2. The number of halogens is 2. The van der Waals surface area contributed by atoms with Gasteiger partial charge in [0, 0.05) is 18.9 Å². The first kappa shape index (κ1) is 25.1. The van der Waals surface area contributed by atoms with Crippen LogP contribution in [0.5, 0.6) is 5.88 Å². The van der Waals surface area contributed by atoms with E-state index in [1.54, 1.807) is 7.05 Å². The Kier molecular flexibility index (Phi) is 5.68. The van der Waals surface area contributed by atoms with Gasteiger partial charge in [-0.15, -0.1) is 0 Å². The molecule has 2 aliphatic carbocycles. The summed E-state index contributed by atoms with van der Waals surface area (Å²) in [6.07, 6.45) is 2.98. The highest BCUT2D eigenvalue weighted by atomic mass is 19.1. The van der Waals surface area contributed by atoms with Crippen molar-refractivity contribution < 1.29 is 27.8 Å². The van der Waals surface area contributed by atoms with Crippen molar-refractivity contribution in [3.05, 3.63) is 34.8 Å². The smallest absolute Gasteiger partial charge is 0.416 e. The van der Waals surface area contributed by atoms with Crippen LogP contribution in [0.25, 0.3) is 11.0 Å². The maximum absolute atomic E-state index is 15.3. The number of ether oxygens (including phenoxy) is 2. The van der Waals surface area contributed by atoms with Crippen LogP contribution in [0.15, 0.2) is 6.20 Å². The number of carbonyl (C=O) groups is 2. The minimum absolute atomic E-state index is 0.0450. The lowest BCUT2D eigenvalue weighted by Crippen LogP contribution is -2.56. The minimum atomic E-state index is -0.643. The highest BCUT2D eigenvalue weighted by molar-refractivity contribution is 5.95. The Bertz CT molecular complexity index is 1510. The number of benzene rings is 1. The first-order valence-corrected chi connectivity index (χ1v) is 13.3. The lowest BCUT2D eigenvalue weighted by molar-refractivity contribution is -0.118. The van der Waals surface area contributed by atoms with Crippen LogP contribution in [-0.2, 0) is 22.4 Å². The predicted octanol–water partition coefficient (Wildman–Crippen LogP) is 2.10. The molecule has 0 radical (unpaired) electrons. The number of nitrogens with one attached hydrogen (secondary N) is 4. The van der Waals surface area contributed by atoms with E-state index in [0.717, 1.165) is 0 Å². The van der Waals surface area contributed by atoms with Gasteiger partial charge in [0.05, 0.1) is 18.8 Å². The van der Waals surface area contributed by atoms with Crippen molar-refractivity contribution in [3.8, 4) is 5.88 Å². The van der Waals surface area contributed by atoms with Crippen molar-refractivity contribution in [3.63, 3.8) is 0 Å². The van der Waals surface area contributed by atoms with Gasteiger partial charge in [-0.05, 0) is 50.4 Å². The van der Waals surface area contributed by atoms with Gasteiger partial charge in [0.25, 0.3) is 11.8 Å². The molecular formula is C26H28F2N8O4. The van der Waals surface area contributed by atoms with Gasteiger partial charge in [-0.3, -0.25) is 9.69 Å². The summed E-state index contributed by atoms with van der Waals surface area (Å²) in [6, 6.07) is -0.0477. The summed E-state index contributed by atoms with van der Waals surface area (Å²) in [5.41, 5.74) is 0.353. The Morgan fingerprint density at radius 3 is 2.75 bits per heavy atom. The molecular weight excluding hydrogens is 526 g/mol. The van der Waals surface area contributed by atoms with E-state index < -0.39 is 23.3 Å². The number of hydrogen-bond acceptors (Lipinski definition) is 9. The predicted molar refractivity (Wildman–Crippen MR) is 138 cm³/mol. The molecule has 0 bridgehead atoms. The number of aromatic amines is 1. The fraction of sp³-hybridized carbons (Fsp3) is 0.500. The molecule has 40 heavy (non-hydrogen) atoms. The number of aromatic nitrogens is 4. The van der Waals surface area contributed by atoms with Gasteiger partial charge in [-0.1, -0.05) is 0 Å². The summed E-state index contributed by atoms with van der Waals surface area (Å²) in [4.78, 5) is 41.4. The SMILES string of the molecule is CN[C@H](C)c1nc2c(F)c3c(c(F)c2[nH]1)CC(CNC1CC2(C1)CN(c1cnc4c(n1)NC(=O)CO4)C(=O)O2)C3. The molecule has 210 valence electrons. The molecule has 2 atom stereocenters. The summed E-state index contributed by atoms with van der Waals surface area (Å²) in [6.45, 7) is 2.64. The maximum atomic E-state index is 15.3. The Balaban J connectivity index is 0.968. The molecule has 1 spiro atoms. The van der Waals surface area contributed by atoms with E-state index >= 15 is 8.78 Å². The van der Waals surface area contributed by atoms with Gasteiger partial charge >= 0.3 is 6.09 Å². The molecule has 2 fully saturated rings. The van der Waals surface area contributed by atoms with Crippen molar-refractivity contribution >= 4 is 34.7 Å². The Morgan fingerprint density at radius 2 is 1.98 bits per heavy atom. The van der Waals surface area contributed by atoms with Crippen LogP contribution in [0.4, 0.5) is 25.2 Å². The Labute approximate surface area is 227 Å². The van der Waals surface area contributed by atoms with E-state index in [-0.39, 0.29) is 59.1 Å². The van der Waals surface area contributed by atoms with E-state index in [0.29, 0.717) is 55.7 Å². The molecule has 4 aliphatic rings. The number of fused-ring (bicyclic) bond motifs is 3. The zero-order chi connectivity index (χ0) is 27.8. The fourth-order valence-electron chi connectivity index (χ4n) is 6.15. The summed E-state index contributed by atoms with van der Waals surface area (Å²) in [5, 5.41) is 9.10. The molecule has 1 aromatic carbocycles. The fourth-order valence-corrected chi connectivity index (χ4v) is 6.15. The molecule has 7 rings (SSSR count). The lowest BCUT2D eigenvalue weighted by atomic mass is 9.75. The van der Waals surface area contributed by atoms with E-state index in [1.165, 1.54) is 11.1 Å². The van der Waals surface area contributed by atoms with Gasteiger partial charge in [0.15, 0.2) is 29.9 Å². The molecule has 12 nitrogen and oxygen atoms in total. The first-order valence-electron chi connectivity index (χ1n) is 13.3. The summed E-state index contributed by atoms with van der Waals surface area (Å²) in [5.74, 6) is -0.0227. The normalized spacial score (nSPS) is 24.5. The average Bonchev–Trinajstić information content (AvgIpc) is 3.65. The monoisotopic (exact) mass is 554 g/mol. The van der Waals surface area contributed by atoms with Crippen LogP contribution in [0.2, 0.25) is 0 Å². The number of hydrogen-bond donors (Lipinski definition) is 4. The third-order valence-corrected chi connectivity index (χ3v) is 8.38. The third-order valence-electron chi connectivity index (χ3n) is 8.38. The van der Waals surface area contributed by atoms with Crippen molar-refractivity contribution in [2.24, 2.45) is 5.92 Å². The van der Waals surface area contributed by atoms with Crippen LogP contribution in [0.3, 0.4) is 0 Å². The minimum Gasteiger partial charge on any atom is -0.465 e. The van der Waals surface area contributed by atoms with Crippen molar-refractivity contribution in [1.29, 1.82) is 0 Å². The van der Waals surface area contributed by atoms with Crippen LogP contribution >= 0.6 is 0 Å². The molecule has 4 heterocycles. The van der Waals surface area contributed by atoms with Gasteiger partial charge < -0.3 is 30.4 Å². The number of rotatable bonds is 6. The number of H-pyrrole nitrogens is 1. The quantitative estimate of drug-likeness (QED) is 0.360. The standard InChI is InChI=1S/C26H28F2N8O4/c1-11(29-2)22-34-20-18(27)14-3-12(4-15(14)19(28)21(20)35-22)7-30-13-5-26(6-13)10-36(25(38)40-26)16-8-31-24-23(32-16)33-17(37)9-39-24/h8,11-13,29-30H,3-7,9-10H2,1-2H3,(H,34,35)(H,32,33,37)/t11-,13?,26?/m1/s1. The second kappa shape index (κ2) is 9.06. The zero-order valence-corrected chi connectivity index (χ0v) is 21.9. The van der Waals surface area contributed by atoms with E-state index in [2.05, 4.69) is 35.9 Å². The summed E-state index contributed by atoms with van der Waals surface area (Å²) >= 11 is 0. The average molecular weight is 555 g/mol. The molecule has 1 saturated carbocycles. The van der Waals surface area contributed by atoms with E-state index in [1.807, 2.05) is 6.92 Å². The Morgan fingerprint density at radius 1 is 1.20 bits per heavy atom. The Hall–Kier alpha value is -3.91. The van der Waals surface area contributed by atoms with E-state index in [9.17, 15) is 9.59 Å². The third kappa shape index (κ3) is 3.96. The van der Waals surface area contributed by atoms with Crippen LogP contribution < -0.4 is 25.6 Å². The summed E-state index contributed by atoms with van der Waals surface area (Å²) < 4.78 is 41.6. The molecule has 14 heteroatoms. The molecule has 3 aromatic rings. The number of nitrogens with zero attached hydrogens (tertiary/aromatic N) is 4. The molecule has 1 unspecified atom stereocenters. The molecule has 2 aromatic heterocycles. The van der Waals surface area contributed by atoms with Crippen molar-refractivity contribution in [2.45, 2.75) is 50.3 Å². The number of amides is 2. The molecule has 2 aliphatic heterocycles. The lowest BCUT2D eigenvalue weighted by Gasteiger charge is -2.43. The highest BCUT2D eigenvalue weighted by Crippen LogP contribution is 2.43. The van der Waals surface area contributed by atoms with Gasteiger partial charge in [-0.25, -0.2) is 28.5 Å². The van der Waals surface area contributed by atoms with Gasteiger partial charge in [0.1, 0.15) is 22.5 Å². The number of imidazole rings is 1. The largest absolute Gasteiger partial charge is 0.465 e. The van der Waals surface area contributed by atoms with Gasteiger partial charge in [0.2, 0.25) is 0 Å². The van der Waals surface area contributed by atoms with E-state index in [4.69, 9.17) is 9.47 Å². The van der Waals surface area contributed by atoms with Crippen LogP contribution in [0, 0.1) is 17.6 Å². The molecule has 2 amide bonds. The topological polar surface area (TPSA) is 146 Å². The second-order valence-corrected chi connectivity index (χ2v) is 11.1.